The van der Waals surface area contributed by atoms with Crippen molar-refractivity contribution in [3.63, 3.8) is 0 Å². The molecule has 43 heavy (non-hydrogen) atoms. The van der Waals surface area contributed by atoms with Crippen LogP contribution in [-0.4, -0.2) is 29.2 Å². The van der Waals surface area contributed by atoms with Gasteiger partial charge in [-0.1, -0.05) is 72.3 Å². The second kappa shape index (κ2) is 10.00. The van der Waals surface area contributed by atoms with Gasteiger partial charge in [0.2, 0.25) is 6.79 Å². The van der Waals surface area contributed by atoms with Gasteiger partial charge in [-0.2, -0.15) is 5.10 Å². The number of rotatable bonds is 5. The summed E-state index contributed by atoms with van der Waals surface area (Å²) in [6, 6.07) is 32.4. The summed E-state index contributed by atoms with van der Waals surface area (Å²) in [5.74, 6) is 0.807. The Morgan fingerprint density at radius 1 is 0.791 bits per heavy atom. The van der Waals surface area contributed by atoms with Crippen LogP contribution in [0.2, 0.25) is 5.02 Å². The van der Waals surface area contributed by atoms with E-state index in [1.165, 1.54) is 4.90 Å². The monoisotopic (exact) mass is 585 g/mol. The number of imide groups is 1. The summed E-state index contributed by atoms with van der Waals surface area (Å²) in [7, 11) is 0. The summed E-state index contributed by atoms with van der Waals surface area (Å²) in [5.41, 5.74) is 5.60. The summed E-state index contributed by atoms with van der Waals surface area (Å²) >= 11 is 6.18. The van der Waals surface area contributed by atoms with Gasteiger partial charge in [0.1, 0.15) is 0 Å². The minimum absolute atomic E-state index is 0.165. The Kier molecular flexibility index (Phi) is 5.94. The summed E-state index contributed by atoms with van der Waals surface area (Å²) in [4.78, 5) is 28.8. The smallest absolute Gasteiger partial charge is 0.261 e. The number of hydrazone groups is 1. The van der Waals surface area contributed by atoms with E-state index in [2.05, 4.69) is 0 Å². The highest BCUT2D eigenvalue weighted by molar-refractivity contribution is 6.30. The molecule has 2 amide bonds. The molecular weight excluding hydrogens is 562 g/mol. The van der Waals surface area contributed by atoms with Gasteiger partial charge in [0.05, 0.1) is 24.0 Å². The molecular formula is C35H24ClN3O4. The average molecular weight is 586 g/mol. The molecule has 210 valence electrons. The van der Waals surface area contributed by atoms with E-state index in [1.807, 2.05) is 102 Å². The van der Waals surface area contributed by atoms with Crippen molar-refractivity contribution in [1.29, 1.82) is 0 Å². The molecule has 0 radical (unpaired) electrons. The third-order valence-electron chi connectivity index (χ3n) is 8.27. The maximum Gasteiger partial charge on any atom is 0.261 e. The van der Waals surface area contributed by atoms with E-state index >= 15 is 0 Å². The van der Waals surface area contributed by atoms with Crippen molar-refractivity contribution in [2.24, 2.45) is 5.10 Å². The Bertz CT molecular complexity index is 1950. The molecule has 0 aromatic heterocycles. The van der Waals surface area contributed by atoms with E-state index < -0.39 is 0 Å². The zero-order chi connectivity index (χ0) is 29.1. The van der Waals surface area contributed by atoms with E-state index in [-0.39, 0.29) is 31.2 Å². The molecule has 1 atom stereocenters. The second-order valence-corrected chi connectivity index (χ2v) is 11.2. The number of fused-ring (bicyclic) bond motifs is 1. The van der Waals surface area contributed by atoms with Crippen LogP contribution in [0.4, 0.5) is 5.69 Å². The number of nitrogens with zero attached hydrogens (tertiary/aromatic N) is 3. The molecule has 0 N–H and O–H groups in total. The molecule has 5 aromatic carbocycles. The minimum atomic E-state index is -0.303. The van der Waals surface area contributed by atoms with Gasteiger partial charge in [-0.25, -0.2) is 0 Å². The third-order valence-corrected chi connectivity index (χ3v) is 8.52. The molecule has 7 nitrogen and oxygen atoms in total. The van der Waals surface area contributed by atoms with Gasteiger partial charge in [-0.15, -0.1) is 0 Å². The highest BCUT2D eigenvalue weighted by atomic mass is 35.5. The number of carbonyl (C=O) groups is 2. The van der Waals surface area contributed by atoms with Gasteiger partial charge in [0, 0.05) is 33.3 Å². The van der Waals surface area contributed by atoms with Crippen molar-refractivity contribution in [3.05, 3.63) is 136 Å². The van der Waals surface area contributed by atoms with Crippen molar-refractivity contribution in [1.82, 2.24) is 4.90 Å². The van der Waals surface area contributed by atoms with Gasteiger partial charge in [-0.3, -0.25) is 19.5 Å². The molecule has 3 aliphatic rings. The number of anilines is 1. The van der Waals surface area contributed by atoms with Crippen LogP contribution in [0.25, 0.3) is 10.8 Å². The van der Waals surface area contributed by atoms with Crippen LogP contribution in [0, 0.1) is 0 Å². The van der Waals surface area contributed by atoms with Crippen molar-refractivity contribution < 1.29 is 19.1 Å². The largest absolute Gasteiger partial charge is 0.454 e. The molecule has 8 heteroatoms. The zero-order valence-electron chi connectivity index (χ0n) is 22.9. The van der Waals surface area contributed by atoms with Crippen LogP contribution < -0.4 is 14.5 Å². The van der Waals surface area contributed by atoms with E-state index in [1.54, 1.807) is 6.07 Å². The van der Waals surface area contributed by atoms with E-state index in [9.17, 15) is 9.59 Å². The number of carbonyl (C=O) groups excluding carboxylic acids is 2. The lowest BCUT2D eigenvalue weighted by atomic mass is 9.92. The topological polar surface area (TPSA) is 71.4 Å². The predicted octanol–water partition coefficient (Wildman–Crippen LogP) is 7.37. The quantitative estimate of drug-likeness (QED) is 0.201. The predicted molar refractivity (Wildman–Crippen MR) is 165 cm³/mol. The van der Waals surface area contributed by atoms with Crippen molar-refractivity contribution in [2.75, 3.05) is 11.8 Å². The molecule has 3 aliphatic heterocycles. The number of hydrogen-bond acceptors (Lipinski definition) is 6. The maximum absolute atomic E-state index is 13.7. The highest BCUT2D eigenvalue weighted by Crippen LogP contribution is 2.44. The van der Waals surface area contributed by atoms with Crippen LogP contribution in [0.5, 0.6) is 11.5 Å². The molecule has 0 bridgehead atoms. The molecule has 0 spiro atoms. The fourth-order valence-electron chi connectivity index (χ4n) is 6.17. The lowest BCUT2D eigenvalue weighted by Gasteiger charge is -2.30. The standard InChI is InChI=1S/C35H24ClN3O4/c36-24-12-9-22(10-13-24)28-18-30(23-11-16-31-32(17-23)43-20-42-31)39(37-28)29-15-14-27-33-25(29)7-4-8-26(33)34(40)38(35(27)41)19-21-5-2-1-3-6-21/h1-17,30H,18-20H2. The van der Waals surface area contributed by atoms with Crippen molar-refractivity contribution in [3.8, 4) is 11.5 Å². The van der Waals surface area contributed by atoms with Gasteiger partial charge in [-0.05, 0) is 59.2 Å². The Hall–Kier alpha value is -5.14. The minimum Gasteiger partial charge on any atom is -0.454 e. The first-order valence-corrected chi connectivity index (χ1v) is 14.4. The Labute approximate surface area is 252 Å². The number of ether oxygens (including phenoxy) is 2. The first kappa shape index (κ1) is 25.6. The molecule has 0 aliphatic carbocycles. The van der Waals surface area contributed by atoms with E-state index in [0.29, 0.717) is 39.5 Å². The van der Waals surface area contributed by atoms with Crippen LogP contribution in [0.1, 0.15) is 49.9 Å². The van der Waals surface area contributed by atoms with Crippen LogP contribution in [0.15, 0.2) is 108 Å². The maximum atomic E-state index is 13.7. The third kappa shape index (κ3) is 4.23. The Morgan fingerprint density at radius 3 is 2.37 bits per heavy atom. The lowest BCUT2D eigenvalue weighted by Crippen LogP contribution is -2.39. The summed E-state index contributed by atoms with van der Waals surface area (Å²) in [6.07, 6.45) is 0.632. The summed E-state index contributed by atoms with van der Waals surface area (Å²) < 4.78 is 11.2. The Balaban J connectivity index is 1.25. The SMILES string of the molecule is O=C1c2cccc3c(N4N=C(c5ccc(Cl)cc5)CC4c4ccc5c(c4)OCO5)ccc(c23)C(=O)N1Cc1ccccc1. The molecule has 0 saturated carbocycles. The van der Waals surface area contributed by atoms with Gasteiger partial charge in [0.15, 0.2) is 11.5 Å². The first-order valence-electron chi connectivity index (χ1n) is 14.0. The number of benzene rings is 5. The fourth-order valence-corrected chi connectivity index (χ4v) is 6.30. The zero-order valence-corrected chi connectivity index (χ0v) is 23.6. The fraction of sp³-hybridized carbons (Fsp3) is 0.114. The van der Waals surface area contributed by atoms with Crippen molar-refractivity contribution >= 4 is 45.6 Å². The Morgan fingerprint density at radius 2 is 1.56 bits per heavy atom. The van der Waals surface area contributed by atoms with Crippen LogP contribution in [-0.2, 0) is 6.54 Å². The van der Waals surface area contributed by atoms with E-state index in [4.69, 9.17) is 26.2 Å². The molecule has 0 fully saturated rings. The highest BCUT2D eigenvalue weighted by Gasteiger charge is 2.36. The number of hydrogen-bond donors (Lipinski definition) is 0. The molecule has 1 unspecified atom stereocenters. The van der Waals surface area contributed by atoms with Crippen LogP contribution >= 0.6 is 11.6 Å². The summed E-state index contributed by atoms with van der Waals surface area (Å²) in [5, 5.41) is 9.23. The van der Waals surface area contributed by atoms with Gasteiger partial charge < -0.3 is 9.47 Å². The normalized spacial score (nSPS) is 17.1. The number of halogens is 1. The lowest BCUT2D eigenvalue weighted by molar-refractivity contribution is 0.0598. The van der Waals surface area contributed by atoms with Crippen LogP contribution in [0.3, 0.4) is 0 Å². The molecule has 5 aromatic rings. The molecule has 0 saturated heterocycles. The van der Waals surface area contributed by atoms with E-state index in [0.717, 1.165) is 33.5 Å². The first-order chi connectivity index (χ1) is 21.0. The van der Waals surface area contributed by atoms with Gasteiger partial charge >= 0.3 is 0 Å². The van der Waals surface area contributed by atoms with Crippen molar-refractivity contribution in [2.45, 2.75) is 19.0 Å². The number of amides is 2. The summed E-state index contributed by atoms with van der Waals surface area (Å²) in [6.45, 7) is 0.404. The average Bonchev–Trinajstić information content (AvgIpc) is 3.70. The second-order valence-electron chi connectivity index (χ2n) is 10.8. The molecule has 8 rings (SSSR count). The van der Waals surface area contributed by atoms with Gasteiger partial charge in [0.25, 0.3) is 11.8 Å². The molecule has 3 heterocycles.